The van der Waals surface area contributed by atoms with Crippen molar-refractivity contribution in [3.05, 3.63) is 17.0 Å². The van der Waals surface area contributed by atoms with E-state index in [1.54, 1.807) is 0 Å². The fourth-order valence-corrected chi connectivity index (χ4v) is 3.93. The first-order valence-corrected chi connectivity index (χ1v) is 9.70. The third kappa shape index (κ3) is 5.11. The van der Waals surface area contributed by atoms with E-state index in [0.717, 1.165) is 30.7 Å². The highest BCUT2D eigenvalue weighted by Gasteiger charge is 2.18. The van der Waals surface area contributed by atoms with Crippen molar-refractivity contribution in [1.29, 1.82) is 0 Å². The van der Waals surface area contributed by atoms with Crippen LogP contribution in [0.2, 0.25) is 0 Å². The van der Waals surface area contributed by atoms with Gasteiger partial charge in [-0.05, 0) is 38.2 Å². The van der Waals surface area contributed by atoms with Gasteiger partial charge in [-0.1, -0.05) is 20.8 Å². The lowest BCUT2D eigenvalue weighted by Gasteiger charge is -2.10. The summed E-state index contributed by atoms with van der Waals surface area (Å²) in [5, 5.41) is 4.61. The molecule has 0 radical (unpaired) electrons. The van der Waals surface area contributed by atoms with Crippen molar-refractivity contribution >= 4 is 9.84 Å². The third-order valence-electron chi connectivity index (χ3n) is 3.57. The van der Waals surface area contributed by atoms with Crippen molar-refractivity contribution in [2.75, 3.05) is 11.5 Å². The monoisotopic (exact) mass is 315 g/mol. The van der Waals surface area contributed by atoms with E-state index >= 15 is 0 Å². The summed E-state index contributed by atoms with van der Waals surface area (Å²) >= 11 is 0. The third-order valence-corrected chi connectivity index (χ3v) is 5.41. The Balaban J connectivity index is 2.99. The fraction of sp³-hybridized carbons (Fsp3) is 0.800. The molecular formula is C15H29N3O2S. The Morgan fingerprint density at radius 3 is 2.33 bits per heavy atom. The van der Waals surface area contributed by atoms with Gasteiger partial charge in [0.05, 0.1) is 18.0 Å². The zero-order chi connectivity index (χ0) is 16.0. The average molecular weight is 315 g/mol. The second-order valence-corrected chi connectivity index (χ2v) is 7.94. The Labute approximate surface area is 128 Å². The molecule has 1 aromatic rings. The van der Waals surface area contributed by atoms with Crippen LogP contribution in [0.1, 0.15) is 51.1 Å². The summed E-state index contributed by atoms with van der Waals surface area (Å²) in [4.78, 5) is 0. The minimum Gasteiger partial charge on any atom is -0.328 e. The Kier molecular flexibility index (Phi) is 6.87. The van der Waals surface area contributed by atoms with Gasteiger partial charge in [0.1, 0.15) is 0 Å². The average Bonchev–Trinajstić information content (AvgIpc) is 2.72. The molecule has 1 atom stereocenters. The van der Waals surface area contributed by atoms with Gasteiger partial charge in [-0.3, -0.25) is 4.68 Å². The molecule has 5 nitrogen and oxygen atoms in total. The van der Waals surface area contributed by atoms with Crippen LogP contribution in [0.25, 0.3) is 0 Å². The van der Waals surface area contributed by atoms with Crippen molar-refractivity contribution in [2.24, 2.45) is 5.73 Å². The summed E-state index contributed by atoms with van der Waals surface area (Å²) in [6.45, 7) is 8.47. The summed E-state index contributed by atoms with van der Waals surface area (Å²) in [5.41, 5.74) is 9.33. The molecule has 0 aliphatic rings. The number of aryl methyl sites for hydroxylation is 2. The first kappa shape index (κ1) is 18.2. The van der Waals surface area contributed by atoms with E-state index in [1.807, 2.05) is 18.5 Å². The molecule has 21 heavy (non-hydrogen) atoms. The van der Waals surface area contributed by atoms with Gasteiger partial charge in [0.25, 0.3) is 0 Å². The van der Waals surface area contributed by atoms with Crippen molar-refractivity contribution in [2.45, 2.75) is 66.0 Å². The summed E-state index contributed by atoms with van der Waals surface area (Å²) < 4.78 is 25.6. The van der Waals surface area contributed by atoms with Crippen LogP contribution in [0.5, 0.6) is 0 Å². The standard InChI is InChI=1S/C15H29N3O2S/c1-5-9-21(19,20)10-8-18-15(7-3)13(11-12(4)16)14(6-2)17-18/h12H,5-11,16H2,1-4H3. The summed E-state index contributed by atoms with van der Waals surface area (Å²) in [7, 11) is -2.97. The lowest BCUT2D eigenvalue weighted by molar-refractivity contribution is 0.570. The van der Waals surface area contributed by atoms with Gasteiger partial charge in [0, 0.05) is 17.5 Å². The number of aromatic nitrogens is 2. The number of nitrogens with two attached hydrogens (primary N) is 1. The number of hydrogen-bond donors (Lipinski definition) is 1. The van der Waals surface area contributed by atoms with Crippen LogP contribution in [0.15, 0.2) is 0 Å². The van der Waals surface area contributed by atoms with Crippen LogP contribution in [-0.4, -0.2) is 35.7 Å². The Morgan fingerprint density at radius 2 is 1.86 bits per heavy atom. The quantitative estimate of drug-likeness (QED) is 0.752. The van der Waals surface area contributed by atoms with Gasteiger partial charge in [0.15, 0.2) is 9.84 Å². The second-order valence-electron chi connectivity index (χ2n) is 5.64. The van der Waals surface area contributed by atoms with Crippen LogP contribution in [0, 0.1) is 0 Å². The van der Waals surface area contributed by atoms with E-state index in [1.165, 1.54) is 5.56 Å². The van der Waals surface area contributed by atoms with E-state index in [2.05, 4.69) is 18.9 Å². The molecule has 0 saturated heterocycles. The van der Waals surface area contributed by atoms with Gasteiger partial charge in [0.2, 0.25) is 0 Å². The lowest BCUT2D eigenvalue weighted by Crippen LogP contribution is -2.20. The SMILES string of the molecule is CCCS(=O)(=O)CCn1nc(CC)c(CC(C)N)c1CC. The van der Waals surface area contributed by atoms with Gasteiger partial charge < -0.3 is 5.73 Å². The molecule has 1 unspecified atom stereocenters. The van der Waals surface area contributed by atoms with Gasteiger partial charge in [-0.25, -0.2) is 8.42 Å². The molecule has 0 spiro atoms. The smallest absolute Gasteiger partial charge is 0.152 e. The van der Waals surface area contributed by atoms with Gasteiger partial charge in [-0.15, -0.1) is 0 Å². The number of rotatable bonds is 9. The Morgan fingerprint density at radius 1 is 1.19 bits per heavy atom. The van der Waals surface area contributed by atoms with Crippen molar-refractivity contribution in [1.82, 2.24) is 9.78 Å². The highest BCUT2D eigenvalue weighted by molar-refractivity contribution is 7.91. The fourth-order valence-electron chi connectivity index (χ4n) is 2.65. The minimum atomic E-state index is -2.97. The normalized spacial score (nSPS) is 13.6. The number of nitrogens with zero attached hydrogens (tertiary/aromatic N) is 2. The van der Waals surface area contributed by atoms with Crippen LogP contribution >= 0.6 is 0 Å². The molecule has 0 amide bonds. The molecule has 0 fully saturated rings. The largest absolute Gasteiger partial charge is 0.328 e. The maximum absolute atomic E-state index is 11.9. The summed E-state index contributed by atoms with van der Waals surface area (Å²) in [5.74, 6) is 0.416. The molecule has 0 saturated carbocycles. The van der Waals surface area contributed by atoms with Gasteiger partial charge in [-0.2, -0.15) is 5.10 Å². The Bertz CT molecular complexity index is 548. The minimum absolute atomic E-state index is 0.0853. The van der Waals surface area contributed by atoms with E-state index in [4.69, 9.17) is 5.73 Å². The molecule has 0 aromatic carbocycles. The van der Waals surface area contributed by atoms with E-state index in [0.29, 0.717) is 13.0 Å². The van der Waals surface area contributed by atoms with E-state index in [-0.39, 0.29) is 17.5 Å². The molecule has 1 heterocycles. The van der Waals surface area contributed by atoms with Crippen LogP contribution in [-0.2, 0) is 35.6 Å². The number of sulfone groups is 1. The predicted molar refractivity (Wildman–Crippen MR) is 87.3 cm³/mol. The Hall–Kier alpha value is -0.880. The first-order valence-electron chi connectivity index (χ1n) is 7.88. The zero-order valence-electron chi connectivity index (χ0n) is 13.7. The van der Waals surface area contributed by atoms with Crippen molar-refractivity contribution < 1.29 is 8.42 Å². The van der Waals surface area contributed by atoms with E-state index in [9.17, 15) is 8.42 Å². The molecule has 0 bridgehead atoms. The van der Waals surface area contributed by atoms with Gasteiger partial charge >= 0.3 is 0 Å². The first-order chi connectivity index (χ1) is 9.84. The molecule has 6 heteroatoms. The van der Waals surface area contributed by atoms with Crippen molar-refractivity contribution in [3.63, 3.8) is 0 Å². The topological polar surface area (TPSA) is 78.0 Å². The van der Waals surface area contributed by atoms with Crippen LogP contribution in [0.3, 0.4) is 0 Å². The highest BCUT2D eigenvalue weighted by atomic mass is 32.2. The number of hydrogen-bond acceptors (Lipinski definition) is 4. The molecule has 1 aromatic heterocycles. The second kappa shape index (κ2) is 7.94. The molecule has 1 rings (SSSR count). The molecule has 0 aliphatic heterocycles. The molecule has 0 aliphatic carbocycles. The molecule has 122 valence electrons. The van der Waals surface area contributed by atoms with Crippen LogP contribution < -0.4 is 5.73 Å². The molecular weight excluding hydrogens is 286 g/mol. The lowest BCUT2D eigenvalue weighted by atomic mass is 10.0. The van der Waals surface area contributed by atoms with E-state index < -0.39 is 9.84 Å². The van der Waals surface area contributed by atoms with Crippen molar-refractivity contribution in [3.8, 4) is 0 Å². The zero-order valence-corrected chi connectivity index (χ0v) is 14.5. The summed E-state index contributed by atoms with van der Waals surface area (Å²) in [6, 6.07) is 0.0853. The maximum Gasteiger partial charge on any atom is 0.152 e. The maximum atomic E-state index is 11.9. The molecule has 2 N–H and O–H groups in total. The van der Waals surface area contributed by atoms with Crippen LogP contribution in [0.4, 0.5) is 0 Å². The highest BCUT2D eigenvalue weighted by Crippen LogP contribution is 2.18. The predicted octanol–water partition coefficient (Wildman–Crippen LogP) is 1.72. The summed E-state index contributed by atoms with van der Waals surface area (Å²) in [6.07, 6.45) is 3.17.